The lowest BCUT2D eigenvalue weighted by molar-refractivity contribution is 0.215. The van der Waals surface area contributed by atoms with Crippen molar-refractivity contribution >= 4 is 17.3 Å². The first-order valence-electron chi connectivity index (χ1n) is 8.49. The minimum Gasteiger partial charge on any atom is -0.369 e. The Morgan fingerprint density at radius 1 is 1.00 bits per heavy atom. The third-order valence-corrected chi connectivity index (χ3v) is 4.84. The first-order chi connectivity index (χ1) is 12.7. The summed E-state index contributed by atoms with van der Waals surface area (Å²) in [5.74, 6) is 0.879. The number of halogens is 2. The van der Waals surface area contributed by atoms with Gasteiger partial charge in [-0.05, 0) is 36.4 Å². The maximum Gasteiger partial charge on any atom is 0.241 e. The Labute approximate surface area is 156 Å². The zero-order valence-corrected chi connectivity index (χ0v) is 14.9. The van der Waals surface area contributed by atoms with Crippen molar-refractivity contribution in [3.05, 3.63) is 65.3 Å². The maximum absolute atomic E-state index is 13.0. The zero-order valence-electron chi connectivity index (χ0n) is 14.1. The summed E-state index contributed by atoms with van der Waals surface area (Å²) in [5.41, 5.74) is 1.81. The molecule has 0 atom stereocenters. The first-order valence-corrected chi connectivity index (χ1v) is 8.87. The molecule has 2 heterocycles. The fourth-order valence-corrected chi connectivity index (χ4v) is 3.30. The van der Waals surface area contributed by atoms with E-state index in [1.807, 2.05) is 36.4 Å². The molecule has 0 amide bonds. The molecule has 1 aliphatic heterocycles. The molecule has 0 bridgehead atoms. The molecule has 1 aliphatic rings. The Hall–Kier alpha value is -2.44. The van der Waals surface area contributed by atoms with Gasteiger partial charge < -0.3 is 9.42 Å². The van der Waals surface area contributed by atoms with Crippen molar-refractivity contribution in [2.75, 3.05) is 31.1 Å². The third-order valence-electron chi connectivity index (χ3n) is 4.51. The number of benzene rings is 2. The minimum atomic E-state index is -0.210. The molecule has 1 saturated heterocycles. The maximum atomic E-state index is 13.0. The van der Waals surface area contributed by atoms with Crippen LogP contribution in [0, 0.1) is 5.82 Å². The lowest BCUT2D eigenvalue weighted by Crippen LogP contribution is -2.46. The average molecular weight is 373 g/mol. The number of hydrogen-bond donors (Lipinski definition) is 0. The van der Waals surface area contributed by atoms with Crippen molar-refractivity contribution in [1.29, 1.82) is 0 Å². The van der Waals surface area contributed by atoms with Crippen LogP contribution in [0.15, 0.2) is 53.1 Å². The average Bonchev–Trinajstić information content (AvgIpc) is 3.12. The number of nitrogens with zero attached hydrogens (tertiary/aromatic N) is 4. The Balaban J connectivity index is 1.36. The van der Waals surface area contributed by atoms with Crippen molar-refractivity contribution in [3.63, 3.8) is 0 Å². The summed E-state index contributed by atoms with van der Waals surface area (Å²) in [5, 5.41) is 4.64. The van der Waals surface area contributed by atoms with Gasteiger partial charge in [0.15, 0.2) is 0 Å². The van der Waals surface area contributed by atoms with Gasteiger partial charge >= 0.3 is 0 Å². The van der Waals surface area contributed by atoms with Crippen LogP contribution in [0.4, 0.5) is 10.1 Å². The van der Waals surface area contributed by atoms with E-state index in [4.69, 9.17) is 16.1 Å². The molecular formula is C19H18ClFN4O. The van der Waals surface area contributed by atoms with E-state index < -0.39 is 0 Å². The van der Waals surface area contributed by atoms with Gasteiger partial charge in [-0.2, -0.15) is 4.98 Å². The smallest absolute Gasteiger partial charge is 0.241 e. The fraction of sp³-hybridized carbons (Fsp3) is 0.263. The molecule has 3 aromatic rings. The Morgan fingerprint density at radius 3 is 2.46 bits per heavy atom. The normalized spacial score (nSPS) is 15.4. The monoisotopic (exact) mass is 372 g/mol. The van der Waals surface area contributed by atoms with Crippen LogP contribution >= 0.6 is 11.6 Å². The summed E-state index contributed by atoms with van der Waals surface area (Å²) >= 11 is 6.18. The molecule has 1 aromatic heterocycles. The SMILES string of the molecule is Fc1ccc(N2CCN(Cc3nc(-c4ccccc4Cl)no3)CC2)cc1. The molecule has 2 aromatic carbocycles. The van der Waals surface area contributed by atoms with Crippen LogP contribution in [-0.2, 0) is 6.54 Å². The quantitative estimate of drug-likeness (QED) is 0.696. The van der Waals surface area contributed by atoms with E-state index in [2.05, 4.69) is 19.9 Å². The van der Waals surface area contributed by atoms with Crippen LogP contribution < -0.4 is 4.90 Å². The first kappa shape index (κ1) is 17.0. The Morgan fingerprint density at radius 2 is 1.73 bits per heavy atom. The van der Waals surface area contributed by atoms with Crippen LogP contribution in [0.25, 0.3) is 11.4 Å². The summed E-state index contributed by atoms with van der Waals surface area (Å²) in [4.78, 5) is 8.98. The lowest BCUT2D eigenvalue weighted by atomic mass is 10.2. The highest BCUT2D eigenvalue weighted by Crippen LogP contribution is 2.25. The number of aromatic nitrogens is 2. The second kappa shape index (κ2) is 7.43. The van der Waals surface area contributed by atoms with E-state index in [-0.39, 0.29) is 5.82 Å². The van der Waals surface area contributed by atoms with Crippen LogP contribution in [0.3, 0.4) is 0 Å². The topological polar surface area (TPSA) is 45.4 Å². The largest absolute Gasteiger partial charge is 0.369 e. The van der Waals surface area contributed by atoms with Gasteiger partial charge in [0.1, 0.15) is 5.82 Å². The highest BCUT2D eigenvalue weighted by Gasteiger charge is 2.20. The van der Waals surface area contributed by atoms with E-state index in [1.165, 1.54) is 12.1 Å². The van der Waals surface area contributed by atoms with Gasteiger partial charge in [-0.3, -0.25) is 4.90 Å². The number of rotatable bonds is 4. The van der Waals surface area contributed by atoms with Gasteiger partial charge in [0.2, 0.25) is 11.7 Å². The van der Waals surface area contributed by atoms with Gasteiger partial charge in [-0.1, -0.05) is 28.9 Å². The fourth-order valence-electron chi connectivity index (χ4n) is 3.08. The van der Waals surface area contributed by atoms with E-state index in [0.717, 1.165) is 37.4 Å². The molecule has 7 heteroatoms. The molecule has 0 radical (unpaired) electrons. The summed E-state index contributed by atoms with van der Waals surface area (Å²) in [6.07, 6.45) is 0. The van der Waals surface area contributed by atoms with Crippen LogP contribution in [0.5, 0.6) is 0 Å². The molecule has 26 heavy (non-hydrogen) atoms. The Kier molecular flexibility index (Phi) is 4.86. The van der Waals surface area contributed by atoms with Gasteiger partial charge in [0.05, 0.1) is 11.6 Å². The molecule has 0 aliphatic carbocycles. The van der Waals surface area contributed by atoms with Crippen LogP contribution in [-0.4, -0.2) is 41.2 Å². The van der Waals surface area contributed by atoms with Gasteiger partial charge in [0, 0.05) is 37.4 Å². The van der Waals surface area contributed by atoms with Crippen molar-refractivity contribution in [1.82, 2.24) is 15.0 Å². The van der Waals surface area contributed by atoms with E-state index in [1.54, 1.807) is 0 Å². The van der Waals surface area contributed by atoms with E-state index in [0.29, 0.717) is 23.3 Å². The molecule has 0 spiro atoms. The van der Waals surface area contributed by atoms with E-state index >= 15 is 0 Å². The van der Waals surface area contributed by atoms with Gasteiger partial charge in [0.25, 0.3) is 0 Å². The predicted octanol–water partition coefficient (Wildman–Crippen LogP) is 3.85. The molecule has 0 saturated carbocycles. The van der Waals surface area contributed by atoms with Crippen molar-refractivity contribution in [2.45, 2.75) is 6.54 Å². The van der Waals surface area contributed by atoms with E-state index in [9.17, 15) is 4.39 Å². The number of anilines is 1. The molecule has 134 valence electrons. The third kappa shape index (κ3) is 3.71. The molecule has 4 rings (SSSR count). The van der Waals surface area contributed by atoms with Crippen molar-refractivity contribution in [3.8, 4) is 11.4 Å². The number of hydrogen-bond acceptors (Lipinski definition) is 5. The lowest BCUT2D eigenvalue weighted by Gasteiger charge is -2.35. The van der Waals surface area contributed by atoms with Gasteiger partial charge in [-0.15, -0.1) is 0 Å². The molecule has 0 N–H and O–H groups in total. The van der Waals surface area contributed by atoms with Crippen molar-refractivity contribution in [2.24, 2.45) is 0 Å². The summed E-state index contributed by atoms with van der Waals surface area (Å²) in [7, 11) is 0. The minimum absolute atomic E-state index is 0.210. The van der Waals surface area contributed by atoms with Crippen molar-refractivity contribution < 1.29 is 8.91 Å². The summed E-state index contributed by atoms with van der Waals surface area (Å²) in [6.45, 7) is 4.10. The molecular weight excluding hydrogens is 355 g/mol. The van der Waals surface area contributed by atoms with Crippen LogP contribution in [0.2, 0.25) is 5.02 Å². The second-order valence-corrected chi connectivity index (χ2v) is 6.64. The number of piperazine rings is 1. The molecule has 1 fully saturated rings. The van der Waals surface area contributed by atoms with Crippen LogP contribution in [0.1, 0.15) is 5.89 Å². The highest BCUT2D eigenvalue weighted by molar-refractivity contribution is 6.33. The summed E-state index contributed by atoms with van der Waals surface area (Å²) < 4.78 is 18.4. The standard InChI is InChI=1S/C19H18ClFN4O/c20-17-4-2-1-3-16(17)19-22-18(26-23-19)13-24-9-11-25(12-10-24)15-7-5-14(21)6-8-15/h1-8H,9-13H2. The highest BCUT2D eigenvalue weighted by atomic mass is 35.5. The predicted molar refractivity (Wildman–Crippen MR) is 98.6 cm³/mol. The molecule has 0 unspecified atom stereocenters. The summed E-state index contributed by atoms with van der Waals surface area (Å²) in [6, 6.07) is 14.1. The second-order valence-electron chi connectivity index (χ2n) is 6.23. The van der Waals surface area contributed by atoms with Gasteiger partial charge in [-0.25, -0.2) is 4.39 Å². The molecule has 5 nitrogen and oxygen atoms in total. The zero-order chi connectivity index (χ0) is 17.9. The Bertz CT molecular complexity index is 875.